The maximum atomic E-state index is 13.0. The number of carbonyl (C=O) groups is 3. The second-order valence-electron chi connectivity index (χ2n) is 7.20. The highest BCUT2D eigenvalue weighted by Crippen LogP contribution is 2.25. The third kappa shape index (κ3) is 4.87. The number of hydrogen-bond donors (Lipinski definition) is 1. The average Bonchev–Trinajstić information content (AvgIpc) is 2.66. The normalized spacial score (nSPS) is 19.6. The summed E-state index contributed by atoms with van der Waals surface area (Å²) in [6.45, 7) is 7.77. The maximum absolute atomic E-state index is 13.0. The van der Waals surface area contributed by atoms with Crippen LogP contribution in [0.1, 0.15) is 67.2 Å². The van der Waals surface area contributed by atoms with Crippen LogP contribution in [0.5, 0.6) is 0 Å². The van der Waals surface area contributed by atoms with Gasteiger partial charge in [-0.3, -0.25) is 14.4 Å². The van der Waals surface area contributed by atoms with Gasteiger partial charge in [-0.1, -0.05) is 19.9 Å². The third-order valence-electron chi connectivity index (χ3n) is 5.20. The number of benzene rings is 1. The standard InChI is InChI=1S/C21H30N2O4/c1-4-11-22(12-5-2)19(24)16-8-6-9-17(14-16)20(25)23-13-7-10-18(15(23)3)21(26)27/h6,8-9,14-15,18H,4-5,7,10-13H2,1-3H3,(H,26,27)/t15-,18-/m0/s1. The molecule has 1 aliphatic heterocycles. The highest BCUT2D eigenvalue weighted by molar-refractivity contribution is 6.00. The third-order valence-corrected chi connectivity index (χ3v) is 5.20. The predicted octanol–water partition coefficient (Wildman–Crippen LogP) is 3.27. The lowest BCUT2D eigenvalue weighted by molar-refractivity contribution is -0.144. The quantitative estimate of drug-likeness (QED) is 0.794. The van der Waals surface area contributed by atoms with Crippen LogP contribution in [0.2, 0.25) is 0 Å². The Morgan fingerprint density at radius 3 is 2.37 bits per heavy atom. The Labute approximate surface area is 161 Å². The van der Waals surface area contributed by atoms with Gasteiger partial charge in [0.25, 0.3) is 11.8 Å². The Balaban J connectivity index is 2.22. The topological polar surface area (TPSA) is 77.9 Å². The monoisotopic (exact) mass is 374 g/mol. The van der Waals surface area contributed by atoms with Crippen molar-refractivity contribution in [3.8, 4) is 0 Å². The lowest BCUT2D eigenvalue weighted by atomic mass is 9.89. The van der Waals surface area contributed by atoms with E-state index in [1.54, 1.807) is 36.1 Å². The lowest BCUT2D eigenvalue weighted by Gasteiger charge is -2.37. The first-order valence-electron chi connectivity index (χ1n) is 9.83. The highest BCUT2D eigenvalue weighted by atomic mass is 16.4. The molecule has 1 aliphatic rings. The van der Waals surface area contributed by atoms with Crippen molar-refractivity contribution in [2.75, 3.05) is 19.6 Å². The zero-order valence-electron chi connectivity index (χ0n) is 16.5. The SMILES string of the molecule is CCCN(CCC)C(=O)c1cccc(C(=O)N2CCC[C@H](C(=O)O)[C@@H]2C)c1. The number of carbonyl (C=O) groups excluding carboxylic acids is 2. The van der Waals surface area contributed by atoms with E-state index in [-0.39, 0.29) is 17.9 Å². The van der Waals surface area contributed by atoms with Gasteiger partial charge in [-0.2, -0.15) is 0 Å². The first kappa shape index (κ1) is 20.9. The average molecular weight is 374 g/mol. The summed E-state index contributed by atoms with van der Waals surface area (Å²) in [6.07, 6.45) is 3.02. The van der Waals surface area contributed by atoms with E-state index in [4.69, 9.17) is 0 Å². The Bertz CT molecular complexity index is 683. The molecular formula is C21H30N2O4. The molecule has 6 nitrogen and oxygen atoms in total. The molecule has 0 radical (unpaired) electrons. The van der Waals surface area contributed by atoms with E-state index in [1.807, 2.05) is 18.7 Å². The summed E-state index contributed by atoms with van der Waals surface area (Å²) in [7, 11) is 0. The van der Waals surface area contributed by atoms with E-state index in [0.29, 0.717) is 43.6 Å². The van der Waals surface area contributed by atoms with Crippen LogP contribution in [0.3, 0.4) is 0 Å². The number of amides is 2. The zero-order valence-corrected chi connectivity index (χ0v) is 16.5. The van der Waals surface area contributed by atoms with Crippen LogP contribution >= 0.6 is 0 Å². The molecule has 0 unspecified atom stereocenters. The summed E-state index contributed by atoms with van der Waals surface area (Å²) < 4.78 is 0. The Kier molecular flexibility index (Phi) is 7.39. The van der Waals surface area contributed by atoms with E-state index in [2.05, 4.69) is 0 Å². The number of nitrogens with zero attached hydrogens (tertiary/aromatic N) is 2. The number of carboxylic acids is 1. The van der Waals surface area contributed by atoms with Gasteiger partial charge in [0.15, 0.2) is 0 Å². The van der Waals surface area contributed by atoms with Crippen molar-refractivity contribution in [2.24, 2.45) is 5.92 Å². The number of rotatable bonds is 7. The summed E-state index contributed by atoms with van der Waals surface area (Å²) in [5.41, 5.74) is 0.939. The Morgan fingerprint density at radius 1 is 1.15 bits per heavy atom. The minimum absolute atomic E-state index is 0.0662. The largest absolute Gasteiger partial charge is 0.481 e. The van der Waals surface area contributed by atoms with Crippen LogP contribution < -0.4 is 0 Å². The van der Waals surface area contributed by atoms with Gasteiger partial charge < -0.3 is 14.9 Å². The molecule has 2 rings (SSSR count). The van der Waals surface area contributed by atoms with Crippen LogP contribution in [0.4, 0.5) is 0 Å². The van der Waals surface area contributed by atoms with Gasteiger partial charge in [-0.05, 0) is 50.8 Å². The van der Waals surface area contributed by atoms with Crippen molar-refractivity contribution in [1.29, 1.82) is 0 Å². The van der Waals surface area contributed by atoms with Crippen LogP contribution in [0, 0.1) is 5.92 Å². The molecule has 1 saturated heterocycles. The molecule has 2 amide bonds. The van der Waals surface area contributed by atoms with Gasteiger partial charge in [0.05, 0.1) is 5.92 Å². The van der Waals surface area contributed by atoms with E-state index >= 15 is 0 Å². The summed E-state index contributed by atoms with van der Waals surface area (Å²) in [4.78, 5) is 40.6. The lowest BCUT2D eigenvalue weighted by Crippen LogP contribution is -2.49. The zero-order chi connectivity index (χ0) is 20.0. The summed E-state index contributed by atoms with van der Waals surface area (Å²) in [6, 6.07) is 6.43. The number of hydrogen-bond acceptors (Lipinski definition) is 3. The predicted molar refractivity (Wildman–Crippen MR) is 104 cm³/mol. The van der Waals surface area contributed by atoms with Gasteiger partial charge in [0, 0.05) is 36.8 Å². The summed E-state index contributed by atoms with van der Waals surface area (Å²) >= 11 is 0. The van der Waals surface area contributed by atoms with Gasteiger partial charge >= 0.3 is 5.97 Å². The highest BCUT2D eigenvalue weighted by Gasteiger charge is 2.35. The first-order valence-corrected chi connectivity index (χ1v) is 9.83. The smallest absolute Gasteiger partial charge is 0.308 e. The van der Waals surface area contributed by atoms with E-state index in [1.165, 1.54) is 0 Å². The number of piperidine rings is 1. The molecule has 2 atom stereocenters. The number of aliphatic carboxylic acids is 1. The Hall–Kier alpha value is -2.37. The minimum atomic E-state index is -0.862. The molecule has 0 saturated carbocycles. The molecule has 0 aromatic heterocycles. The van der Waals surface area contributed by atoms with Crippen molar-refractivity contribution in [3.63, 3.8) is 0 Å². The van der Waals surface area contributed by atoms with E-state index in [0.717, 1.165) is 12.8 Å². The minimum Gasteiger partial charge on any atom is -0.481 e. The van der Waals surface area contributed by atoms with Crippen molar-refractivity contribution in [2.45, 2.75) is 52.5 Å². The van der Waals surface area contributed by atoms with Crippen LogP contribution in [0.15, 0.2) is 24.3 Å². The van der Waals surface area contributed by atoms with Crippen molar-refractivity contribution in [1.82, 2.24) is 9.80 Å². The molecule has 1 aromatic carbocycles. The molecule has 1 heterocycles. The summed E-state index contributed by atoms with van der Waals surface area (Å²) in [5, 5.41) is 9.37. The molecule has 0 spiro atoms. The number of carboxylic acid groups (broad SMARTS) is 1. The summed E-state index contributed by atoms with van der Waals surface area (Å²) in [5.74, 6) is -1.68. The molecule has 0 bridgehead atoms. The fraction of sp³-hybridized carbons (Fsp3) is 0.571. The molecular weight excluding hydrogens is 344 g/mol. The molecule has 1 N–H and O–H groups in total. The fourth-order valence-corrected chi connectivity index (χ4v) is 3.75. The first-order chi connectivity index (χ1) is 12.9. The van der Waals surface area contributed by atoms with Gasteiger partial charge in [0.1, 0.15) is 0 Å². The molecule has 1 aromatic rings. The molecule has 0 aliphatic carbocycles. The second-order valence-corrected chi connectivity index (χ2v) is 7.20. The molecule has 1 fully saturated rings. The van der Waals surface area contributed by atoms with Crippen LogP contribution in [-0.2, 0) is 4.79 Å². The molecule has 148 valence electrons. The van der Waals surface area contributed by atoms with Crippen molar-refractivity contribution in [3.05, 3.63) is 35.4 Å². The van der Waals surface area contributed by atoms with Crippen LogP contribution in [0.25, 0.3) is 0 Å². The van der Waals surface area contributed by atoms with Gasteiger partial charge in [0.2, 0.25) is 0 Å². The Morgan fingerprint density at radius 2 is 1.78 bits per heavy atom. The van der Waals surface area contributed by atoms with E-state index < -0.39 is 11.9 Å². The second kappa shape index (κ2) is 9.53. The number of likely N-dealkylation sites (tertiary alicyclic amines) is 1. The molecule has 27 heavy (non-hydrogen) atoms. The van der Waals surface area contributed by atoms with Crippen molar-refractivity contribution >= 4 is 17.8 Å². The van der Waals surface area contributed by atoms with Gasteiger partial charge in [-0.15, -0.1) is 0 Å². The van der Waals surface area contributed by atoms with Crippen molar-refractivity contribution < 1.29 is 19.5 Å². The van der Waals surface area contributed by atoms with Gasteiger partial charge in [-0.25, -0.2) is 0 Å². The van der Waals surface area contributed by atoms with E-state index in [9.17, 15) is 19.5 Å². The van der Waals surface area contributed by atoms with Crippen LogP contribution in [-0.4, -0.2) is 58.4 Å². The molecule has 6 heteroatoms. The maximum Gasteiger partial charge on any atom is 0.308 e. The fourth-order valence-electron chi connectivity index (χ4n) is 3.75.